The first-order valence-corrected chi connectivity index (χ1v) is 11.2. The Balaban J connectivity index is 1.40. The minimum atomic E-state index is -0.621. The molecule has 0 saturated heterocycles. The molecular formula is C25H20N4O2S. The van der Waals surface area contributed by atoms with Gasteiger partial charge in [0.2, 0.25) is 5.91 Å². The summed E-state index contributed by atoms with van der Waals surface area (Å²) in [5.41, 5.74) is 4.25. The molecule has 3 aromatic carbocycles. The van der Waals surface area contributed by atoms with Crippen LogP contribution in [0.15, 0.2) is 88.8 Å². The number of fused-ring (bicyclic) bond motifs is 3. The van der Waals surface area contributed by atoms with Gasteiger partial charge in [0, 0.05) is 11.3 Å². The maximum absolute atomic E-state index is 13.3. The van der Waals surface area contributed by atoms with Crippen molar-refractivity contribution in [1.29, 1.82) is 0 Å². The van der Waals surface area contributed by atoms with E-state index in [0.717, 1.165) is 28.1 Å². The Bertz CT molecular complexity index is 1250. The summed E-state index contributed by atoms with van der Waals surface area (Å²) < 4.78 is 0. The van der Waals surface area contributed by atoms with Crippen molar-refractivity contribution in [3.8, 4) is 0 Å². The summed E-state index contributed by atoms with van der Waals surface area (Å²) in [4.78, 5) is 36.8. The minimum absolute atomic E-state index is 0.127. The Hall–Kier alpha value is -3.71. The van der Waals surface area contributed by atoms with Crippen molar-refractivity contribution in [3.05, 3.63) is 95.6 Å². The van der Waals surface area contributed by atoms with Gasteiger partial charge in [0.1, 0.15) is 5.84 Å². The average molecular weight is 441 g/mol. The number of para-hydroxylation sites is 1. The summed E-state index contributed by atoms with van der Waals surface area (Å²) in [6.45, 7) is 2.00. The van der Waals surface area contributed by atoms with E-state index in [9.17, 15) is 9.59 Å². The van der Waals surface area contributed by atoms with Gasteiger partial charge in [-0.1, -0.05) is 71.9 Å². The number of anilines is 1. The predicted molar refractivity (Wildman–Crippen MR) is 128 cm³/mol. The fourth-order valence-electron chi connectivity index (χ4n) is 3.66. The Morgan fingerprint density at radius 2 is 1.72 bits per heavy atom. The normalized spacial score (nSPS) is 16.7. The van der Waals surface area contributed by atoms with E-state index in [0.29, 0.717) is 11.0 Å². The second-order valence-electron chi connectivity index (χ2n) is 7.55. The van der Waals surface area contributed by atoms with E-state index in [1.807, 2.05) is 85.8 Å². The van der Waals surface area contributed by atoms with Gasteiger partial charge in [-0.25, -0.2) is 14.9 Å². The lowest BCUT2D eigenvalue weighted by molar-refractivity contribution is -0.124. The van der Waals surface area contributed by atoms with E-state index < -0.39 is 6.04 Å². The van der Waals surface area contributed by atoms with Crippen LogP contribution in [0.1, 0.15) is 22.7 Å². The SMILES string of the molecule is Cc1ccc(NC(=O)CSC2=Nc3ccccc3C3=N[C@@H](c4ccccc4)C(=O)N23)cc1. The molecule has 0 aromatic heterocycles. The van der Waals surface area contributed by atoms with Crippen LogP contribution in [0.5, 0.6) is 0 Å². The van der Waals surface area contributed by atoms with Gasteiger partial charge in [-0.05, 0) is 36.8 Å². The zero-order valence-corrected chi connectivity index (χ0v) is 18.2. The standard InChI is InChI=1S/C25H20N4O2S/c1-16-11-13-18(14-12-16)26-21(30)15-32-25-27-20-10-6-5-9-19(20)23-28-22(24(31)29(23)25)17-7-3-2-4-8-17/h2-14,22H,15H2,1H3,(H,26,30)/t22-/m0/s1. The van der Waals surface area contributed by atoms with Crippen molar-refractivity contribution >= 4 is 46.0 Å². The first-order valence-electron chi connectivity index (χ1n) is 10.2. The highest BCUT2D eigenvalue weighted by molar-refractivity contribution is 8.14. The van der Waals surface area contributed by atoms with E-state index in [-0.39, 0.29) is 17.6 Å². The number of nitrogens with zero attached hydrogens (tertiary/aromatic N) is 3. The molecule has 0 bridgehead atoms. The zero-order chi connectivity index (χ0) is 22.1. The molecular weight excluding hydrogens is 420 g/mol. The molecule has 2 heterocycles. The third kappa shape index (κ3) is 3.83. The molecule has 7 heteroatoms. The van der Waals surface area contributed by atoms with Crippen molar-refractivity contribution < 1.29 is 9.59 Å². The smallest absolute Gasteiger partial charge is 0.263 e. The highest BCUT2D eigenvalue weighted by atomic mass is 32.2. The number of amides is 2. The summed E-state index contributed by atoms with van der Waals surface area (Å²) in [6, 6.07) is 24.1. The molecule has 0 saturated carbocycles. The van der Waals surface area contributed by atoms with Crippen LogP contribution < -0.4 is 5.32 Å². The molecule has 5 rings (SSSR count). The molecule has 32 heavy (non-hydrogen) atoms. The van der Waals surface area contributed by atoms with Crippen molar-refractivity contribution in [3.63, 3.8) is 0 Å². The van der Waals surface area contributed by atoms with Crippen LogP contribution in [-0.2, 0) is 9.59 Å². The van der Waals surface area contributed by atoms with E-state index in [2.05, 4.69) is 10.3 Å². The third-order valence-electron chi connectivity index (χ3n) is 5.25. The van der Waals surface area contributed by atoms with Crippen molar-refractivity contribution in [2.24, 2.45) is 9.98 Å². The van der Waals surface area contributed by atoms with Gasteiger partial charge < -0.3 is 5.32 Å². The summed E-state index contributed by atoms with van der Waals surface area (Å²) in [5.74, 6) is 0.383. The Kier molecular flexibility index (Phi) is 5.33. The predicted octanol–water partition coefficient (Wildman–Crippen LogP) is 4.70. The number of nitrogens with one attached hydrogen (secondary N) is 1. The van der Waals surface area contributed by atoms with Crippen LogP contribution in [0, 0.1) is 6.92 Å². The molecule has 2 amide bonds. The molecule has 2 aliphatic rings. The number of aryl methyl sites for hydroxylation is 1. The highest BCUT2D eigenvalue weighted by Gasteiger charge is 2.42. The highest BCUT2D eigenvalue weighted by Crippen LogP contribution is 2.37. The van der Waals surface area contributed by atoms with Crippen LogP contribution in [0.25, 0.3) is 0 Å². The van der Waals surface area contributed by atoms with Crippen LogP contribution in [0.3, 0.4) is 0 Å². The molecule has 158 valence electrons. The Morgan fingerprint density at radius 3 is 2.50 bits per heavy atom. The molecule has 3 aromatic rings. The number of thioether (sulfide) groups is 1. The molecule has 0 spiro atoms. The summed E-state index contributed by atoms with van der Waals surface area (Å²) in [5, 5.41) is 3.35. The average Bonchev–Trinajstić information content (AvgIpc) is 3.17. The second-order valence-corrected chi connectivity index (χ2v) is 8.50. The number of benzene rings is 3. The molecule has 0 aliphatic carbocycles. The third-order valence-corrected chi connectivity index (χ3v) is 6.19. The largest absolute Gasteiger partial charge is 0.325 e. The maximum atomic E-state index is 13.3. The molecule has 1 N–H and O–H groups in total. The monoisotopic (exact) mass is 440 g/mol. The molecule has 0 radical (unpaired) electrons. The van der Waals surface area contributed by atoms with Gasteiger partial charge in [-0.3, -0.25) is 9.59 Å². The quantitative estimate of drug-likeness (QED) is 0.639. The van der Waals surface area contributed by atoms with Gasteiger partial charge in [-0.15, -0.1) is 0 Å². The van der Waals surface area contributed by atoms with E-state index >= 15 is 0 Å². The van der Waals surface area contributed by atoms with Crippen molar-refractivity contribution in [1.82, 2.24) is 4.90 Å². The molecule has 1 atom stereocenters. The summed E-state index contributed by atoms with van der Waals surface area (Å²) >= 11 is 1.23. The lowest BCUT2D eigenvalue weighted by Gasteiger charge is -2.25. The number of aliphatic imine (C=N–C) groups is 2. The summed E-state index contributed by atoms with van der Waals surface area (Å²) in [7, 11) is 0. The maximum Gasteiger partial charge on any atom is 0.263 e. The van der Waals surface area contributed by atoms with Crippen molar-refractivity contribution in [2.45, 2.75) is 13.0 Å². The van der Waals surface area contributed by atoms with E-state index in [1.54, 1.807) is 4.90 Å². The number of amidine groups is 2. The van der Waals surface area contributed by atoms with Gasteiger partial charge in [0.15, 0.2) is 11.2 Å². The van der Waals surface area contributed by atoms with Crippen molar-refractivity contribution in [2.75, 3.05) is 11.1 Å². The van der Waals surface area contributed by atoms with Gasteiger partial charge >= 0.3 is 0 Å². The van der Waals surface area contributed by atoms with Crippen LogP contribution in [-0.4, -0.2) is 33.5 Å². The van der Waals surface area contributed by atoms with Crippen LogP contribution in [0.2, 0.25) is 0 Å². The number of hydrogen-bond acceptors (Lipinski definition) is 5. The fraction of sp³-hybridized carbons (Fsp3) is 0.120. The minimum Gasteiger partial charge on any atom is -0.325 e. The summed E-state index contributed by atoms with van der Waals surface area (Å²) in [6.07, 6.45) is 0. The fourth-order valence-corrected chi connectivity index (χ4v) is 4.46. The van der Waals surface area contributed by atoms with E-state index in [1.165, 1.54) is 11.8 Å². The van der Waals surface area contributed by atoms with Crippen LogP contribution >= 0.6 is 11.8 Å². The van der Waals surface area contributed by atoms with E-state index in [4.69, 9.17) is 4.99 Å². The molecule has 6 nitrogen and oxygen atoms in total. The zero-order valence-electron chi connectivity index (χ0n) is 17.4. The first kappa shape index (κ1) is 20.2. The molecule has 0 fully saturated rings. The number of hydrogen-bond donors (Lipinski definition) is 1. The lowest BCUT2D eigenvalue weighted by atomic mass is 10.1. The number of carbonyl (C=O) groups excluding carboxylic acids is 2. The molecule has 0 unspecified atom stereocenters. The topological polar surface area (TPSA) is 74.1 Å². The molecule has 2 aliphatic heterocycles. The second kappa shape index (κ2) is 8.43. The first-order chi connectivity index (χ1) is 15.6. The van der Waals surface area contributed by atoms with Gasteiger partial charge in [0.05, 0.1) is 11.4 Å². The lowest BCUT2D eigenvalue weighted by Crippen LogP contribution is -2.40. The number of carbonyl (C=O) groups is 2. The van der Waals surface area contributed by atoms with Gasteiger partial charge in [0.25, 0.3) is 5.91 Å². The Labute approximate surface area is 190 Å². The van der Waals surface area contributed by atoms with Crippen LogP contribution in [0.4, 0.5) is 11.4 Å². The van der Waals surface area contributed by atoms with Gasteiger partial charge in [-0.2, -0.15) is 0 Å². The number of rotatable bonds is 4. The Morgan fingerprint density at radius 1 is 1.00 bits per heavy atom.